The first kappa shape index (κ1) is 16.2. The Bertz CT molecular complexity index is 837. The van der Waals surface area contributed by atoms with Gasteiger partial charge < -0.3 is 14.3 Å². The van der Waals surface area contributed by atoms with Crippen molar-refractivity contribution in [3.63, 3.8) is 0 Å². The zero-order valence-electron chi connectivity index (χ0n) is 14.4. The summed E-state index contributed by atoms with van der Waals surface area (Å²) in [5.41, 5.74) is 3.14. The summed E-state index contributed by atoms with van der Waals surface area (Å²) in [7, 11) is 1.68. The van der Waals surface area contributed by atoms with E-state index in [0.717, 1.165) is 54.0 Å². The van der Waals surface area contributed by atoms with Crippen LogP contribution < -0.4 is 4.74 Å². The van der Waals surface area contributed by atoms with Gasteiger partial charge in [-0.1, -0.05) is 24.3 Å². The highest BCUT2D eigenvalue weighted by Gasteiger charge is 2.21. The van der Waals surface area contributed by atoms with Crippen molar-refractivity contribution < 1.29 is 14.3 Å². The third kappa shape index (κ3) is 3.41. The maximum Gasteiger partial charge on any atom is 0.134 e. The van der Waals surface area contributed by atoms with Crippen LogP contribution in [0, 0.1) is 0 Å². The molecule has 130 valence electrons. The molecule has 0 amide bonds. The van der Waals surface area contributed by atoms with Gasteiger partial charge in [0.1, 0.15) is 17.1 Å². The van der Waals surface area contributed by atoms with Crippen LogP contribution in [0.2, 0.25) is 0 Å². The number of aliphatic hydroxyl groups excluding tert-OH is 1. The smallest absolute Gasteiger partial charge is 0.134 e. The van der Waals surface area contributed by atoms with Crippen molar-refractivity contribution in [1.82, 2.24) is 4.90 Å². The molecule has 0 bridgehead atoms. The van der Waals surface area contributed by atoms with Crippen LogP contribution in [0.1, 0.15) is 23.0 Å². The first-order valence-electron chi connectivity index (χ1n) is 8.77. The molecular formula is C21H23NO3. The fourth-order valence-corrected chi connectivity index (χ4v) is 3.59. The Morgan fingerprint density at radius 3 is 2.92 bits per heavy atom. The molecule has 0 spiro atoms. The second kappa shape index (κ2) is 6.90. The van der Waals surface area contributed by atoms with Gasteiger partial charge in [0.05, 0.1) is 13.2 Å². The highest BCUT2D eigenvalue weighted by Crippen LogP contribution is 2.27. The number of aliphatic hydroxyl groups is 1. The number of hydrogen-bond acceptors (Lipinski definition) is 4. The van der Waals surface area contributed by atoms with Gasteiger partial charge in [-0.3, -0.25) is 4.90 Å². The van der Waals surface area contributed by atoms with Crippen molar-refractivity contribution in [2.45, 2.75) is 18.9 Å². The van der Waals surface area contributed by atoms with Gasteiger partial charge in [-0.15, -0.1) is 0 Å². The summed E-state index contributed by atoms with van der Waals surface area (Å²) in [5, 5.41) is 11.7. The Morgan fingerprint density at radius 2 is 2.08 bits per heavy atom. The average Bonchev–Trinajstić information content (AvgIpc) is 2.99. The molecule has 2 aromatic carbocycles. The van der Waals surface area contributed by atoms with Crippen molar-refractivity contribution >= 4 is 11.0 Å². The third-order valence-electron chi connectivity index (χ3n) is 4.99. The van der Waals surface area contributed by atoms with Crippen molar-refractivity contribution in [2.24, 2.45) is 0 Å². The summed E-state index contributed by atoms with van der Waals surface area (Å²) < 4.78 is 11.2. The molecule has 1 aromatic heterocycles. The van der Waals surface area contributed by atoms with E-state index in [2.05, 4.69) is 17.0 Å². The summed E-state index contributed by atoms with van der Waals surface area (Å²) in [4.78, 5) is 2.31. The van der Waals surface area contributed by atoms with Crippen LogP contribution >= 0.6 is 0 Å². The molecule has 1 aliphatic rings. The lowest BCUT2D eigenvalue weighted by Gasteiger charge is -2.21. The van der Waals surface area contributed by atoms with Crippen LogP contribution in [-0.2, 0) is 12.8 Å². The minimum atomic E-state index is -0.459. The van der Waals surface area contributed by atoms with Crippen molar-refractivity contribution in [1.29, 1.82) is 0 Å². The normalized spacial score (nSPS) is 18.1. The topological polar surface area (TPSA) is 45.8 Å². The molecule has 1 unspecified atom stereocenters. The SMILES string of the molecule is COc1ccc2c(c1)CCN(CCc1cc3ccccc3o1)CC2O. The number of hydrogen-bond donors (Lipinski definition) is 1. The number of para-hydroxylation sites is 1. The number of ether oxygens (including phenoxy) is 1. The molecule has 4 heteroatoms. The molecule has 4 nitrogen and oxygen atoms in total. The van der Waals surface area contributed by atoms with Crippen LogP contribution in [0.15, 0.2) is 52.9 Å². The zero-order chi connectivity index (χ0) is 17.2. The van der Waals surface area contributed by atoms with Crippen molar-refractivity contribution in [3.05, 3.63) is 65.4 Å². The van der Waals surface area contributed by atoms with Gasteiger partial charge in [0.2, 0.25) is 0 Å². The summed E-state index contributed by atoms with van der Waals surface area (Å²) in [6, 6.07) is 16.2. The van der Waals surface area contributed by atoms with Crippen LogP contribution in [0.3, 0.4) is 0 Å². The van der Waals surface area contributed by atoms with Crippen molar-refractivity contribution in [3.8, 4) is 5.75 Å². The summed E-state index contributed by atoms with van der Waals surface area (Å²) in [6.45, 7) is 2.46. The Kier molecular flexibility index (Phi) is 4.47. The van der Waals surface area contributed by atoms with E-state index in [1.807, 2.05) is 36.4 Å². The molecular weight excluding hydrogens is 314 g/mol. The molecule has 0 saturated heterocycles. The van der Waals surface area contributed by atoms with E-state index in [0.29, 0.717) is 6.54 Å². The molecule has 3 aromatic rings. The lowest BCUT2D eigenvalue weighted by atomic mass is 10.0. The molecule has 25 heavy (non-hydrogen) atoms. The molecule has 1 aliphatic heterocycles. The molecule has 1 atom stereocenters. The quantitative estimate of drug-likeness (QED) is 0.790. The van der Waals surface area contributed by atoms with Crippen LogP contribution in [-0.4, -0.2) is 36.8 Å². The minimum absolute atomic E-state index is 0.459. The molecule has 1 N–H and O–H groups in total. The lowest BCUT2D eigenvalue weighted by molar-refractivity contribution is 0.120. The highest BCUT2D eigenvalue weighted by atomic mass is 16.5. The Hall–Kier alpha value is -2.30. The van der Waals surface area contributed by atoms with Crippen LogP contribution in [0.4, 0.5) is 0 Å². The number of methoxy groups -OCH3 is 1. The van der Waals surface area contributed by atoms with Crippen LogP contribution in [0.5, 0.6) is 5.75 Å². The fraction of sp³-hybridized carbons (Fsp3) is 0.333. The second-order valence-corrected chi connectivity index (χ2v) is 6.63. The van der Waals surface area contributed by atoms with Gasteiger partial charge in [-0.05, 0) is 41.8 Å². The van der Waals surface area contributed by atoms with Gasteiger partial charge in [0.25, 0.3) is 0 Å². The third-order valence-corrected chi connectivity index (χ3v) is 4.99. The van der Waals surface area contributed by atoms with E-state index in [1.165, 1.54) is 5.56 Å². The summed E-state index contributed by atoms with van der Waals surface area (Å²) in [5.74, 6) is 1.85. The van der Waals surface area contributed by atoms with E-state index in [1.54, 1.807) is 7.11 Å². The highest BCUT2D eigenvalue weighted by molar-refractivity contribution is 5.77. The average molecular weight is 337 g/mol. The van der Waals surface area contributed by atoms with E-state index < -0.39 is 6.10 Å². The molecule has 0 saturated carbocycles. The van der Waals surface area contributed by atoms with Gasteiger partial charge in [0.15, 0.2) is 0 Å². The Balaban J connectivity index is 1.44. The maximum atomic E-state index is 10.6. The molecule has 0 aliphatic carbocycles. The number of rotatable bonds is 4. The standard InChI is InChI=1S/C21H23NO3/c1-24-17-6-7-19-15(12-17)8-10-22(14-20(19)23)11-9-18-13-16-4-2-3-5-21(16)25-18/h2-7,12-13,20,23H,8-11,14H2,1H3. The predicted molar refractivity (Wildman–Crippen MR) is 98.0 cm³/mol. The minimum Gasteiger partial charge on any atom is -0.497 e. The summed E-state index contributed by atoms with van der Waals surface area (Å²) in [6.07, 6.45) is 1.31. The molecule has 2 heterocycles. The van der Waals surface area contributed by atoms with E-state index in [4.69, 9.17) is 9.15 Å². The Morgan fingerprint density at radius 1 is 1.20 bits per heavy atom. The van der Waals surface area contributed by atoms with Gasteiger partial charge in [0, 0.05) is 31.4 Å². The number of nitrogens with zero attached hydrogens (tertiary/aromatic N) is 1. The largest absolute Gasteiger partial charge is 0.497 e. The monoisotopic (exact) mass is 337 g/mol. The zero-order valence-corrected chi connectivity index (χ0v) is 14.4. The Labute approximate surface area is 147 Å². The molecule has 0 fully saturated rings. The number of β-amino-alcohol motifs (C(OH)–C–C–N with tert-alkyl or cyclic N) is 1. The lowest BCUT2D eigenvalue weighted by Crippen LogP contribution is -2.30. The van der Waals surface area contributed by atoms with Gasteiger partial charge >= 0.3 is 0 Å². The van der Waals surface area contributed by atoms with E-state index in [-0.39, 0.29) is 0 Å². The number of furan rings is 1. The van der Waals surface area contributed by atoms with E-state index in [9.17, 15) is 5.11 Å². The molecule has 0 radical (unpaired) electrons. The summed E-state index contributed by atoms with van der Waals surface area (Å²) >= 11 is 0. The predicted octanol–water partition coefficient (Wildman–Crippen LogP) is 3.58. The maximum absolute atomic E-state index is 10.6. The first-order chi connectivity index (χ1) is 12.2. The fourth-order valence-electron chi connectivity index (χ4n) is 3.59. The second-order valence-electron chi connectivity index (χ2n) is 6.63. The first-order valence-corrected chi connectivity index (χ1v) is 8.77. The van der Waals surface area contributed by atoms with Crippen molar-refractivity contribution in [2.75, 3.05) is 26.7 Å². The number of benzene rings is 2. The van der Waals surface area contributed by atoms with Crippen LogP contribution in [0.25, 0.3) is 11.0 Å². The number of fused-ring (bicyclic) bond motifs is 2. The van der Waals surface area contributed by atoms with Gasteiger partial charge in [-0.2, -0.15) is 0 Å². The molecule has 4 rings (SSSR count). The van der Waals surface area contributed by atoms with E-state index >= 15 is 0 Å². The van der Waals surface area contributed by atoms with Gasteiger partial charge in [-0.25, -0.2) is 0 Å².